The highest BCUT2D eigenvalue weighted by Gasteiger charge is 2.21. The van der Waals surface area contributed by atoms with Crippen LogP contribution in [0.4, 0.5) is 0 Å². The number of thiophene rings is 1. The van der Waals surface area contributed by atoms with Gasteiger partial charge in [-0.15, -0.1) is 11.3 Å². The number of carbonyl (C=O) groups is 1. The van der Waals surface area contributed by atoms with Crippen LogP contribution in [-0.4, -0.2) is 41.7 Å². The molecule has 1 atom stereocenters. The van der Waals surface area contributed by atoms with Crippen molar-refractivity contribution in [1.82, 2.24) is 10.2 Å². The predicted octanol–water partition coefficient (Wildman–Crippen LogP) is 1.08. The summed E-state index contributed by atoms with van der Waals surface area (Å²) in [5, 5.41) is 12.2. The molecule has 94 valence electrons. The van der Waals surface area contributed by atoms with E-state index < -0.39 is 0 Å². The molecule has 2 rings (SSSR count). The van der Waals surface area contributed by atoms with Crippen molar-refractivity contribution < 1.29 is 9.90 Å². The first-order valence-corrected chi connectivity index (χ1v) is 6.74. The SMILES string of the molecule is O=C(CN1CC[C@H](O)C1)NCc1ccc(Cl)s1. The standard InChI is InChI=1S/C11H15ClN2O2S/c12-10-2-1-9(17-10)5-13-11(16)7-14-4-3-8(15)6-14/h1-2,8,15H,3-7H2,(H,13,16)/t8-/m0/s1. The molecule has 2 heterocycles. The monoisotopic (exact) mass is 274 g/mol. The van der Waals surface area contributed by atoms with Crippen LogP contribution in [0.25, 0.3) is 0 Å². The van der Waals surface area contributed by atoms with Gasteiger partial charge in [-0.25, -0.2) is 0 Å². The summed E-state index contributed by atoms with van der Waals surface area (Å²) in [5.74, 6) is -0.0105. The van der Waals surface area contributed by atoms with Crippen LogP contribution in [0.2, 0.25) is 4.34 Å². The van der Waals surface area contributed by atoms with Crippen LogP contribution in [0.1, 0.15) is 11.3 Å². The van der Waals surface area contributed by atoms with E-state index in [1.807, 2.05) is 17.0 Å². The third-order valence-electron chi connectivity index (χ3n) is 2.70. The number of nitrogens with zero attached hydrogens (tertiary/aromatic N) is 1. The van der Waals surface area contributed by atoms with Crippen molar-refractivity contribution >= 4 is 28.8 Å². The Kier molecular flexibility index (Phi) is 4.39. The number of amides is 1. The molecular weight excluding hydrogens is 260 g/mol. The molecule has 17 heavy (non-hydrogen) atoms. The Morgan fingerprint density at radius 1 is 1.65 bits per heavy atom. The number of hydrogen-bond acceptors (Lipinski definition) is 4. The Balaban J connectivity index is 1.71. The average Bonchev–Trinajstić information content (AvgIpc) is 2.85. The maximum absolute atomic E-state index is 11.6. The molecule has 0 unspecified atom stereocenters. The Morgan fingerprint density at radius 2 is 2.47 bits per heavy atom. The highest BCUT2D eigenvalue weighted by molar-refractivity contribution is 7.16. The van der Waals surface area contributed by atoms with Crippen molar-refractivity contribution in [2.24, 2.45) is 0 Å². The lowest BCUT2D eigenvalue weighted by atomic mass is 10.3. The van der Waals surface area contributed by atoms with Crippen molar-refractivity contribution in [1.29, 1.82) is 0 Å². The minimum atomic E-state index is -0.279. The molecule has 1 amide bonds. The number of halogens is 1. The maximum atomic E-state index is 11.6. The van der Waals surface area contributed by atoms with Crippen molar-refractivity contribution in [3.05, 3.63) is 21.3 Å². The molecule has 0 aromatic carbocycles. The first kappa shape index (κ1) is 12.8. The van der Waals surface area contributed by atoms with Gasteiger partial charge in [-0.2, -0.15) is 0 Å². The summed E-state index contributed by atoms with van der Waals surface area (Å²) in [4.78, 5) is 14.6. The van der Waals surface area contributed by atoms with Crippen LogP contribution in [0.15, 0.2) is 12.1 Å². The zero-order valence-electron chi connectivity index (χ0n) is 9.36. The molecule has 1 aromatic heterocycles. The maximum Gasteiger partial charge on any atom is 0.234 e. The van der Waals surface area contributed by atoms with Crippen LogP contribution in [0, 0.1) is 0 Å². The van der Waals surface area contributed by atoms with E-state index in [1.54, 1.807) is 0 Å². The molecule has 1 aliphatic heterocycles. The van der Waals surface area contributed by atoms with Crippen molar-refractivity contribution in [2.45, 2.75) is 19.1 Å². The van der Waals surface area contributed by atoms with E-state index >= 15 is 0 Å². The smallest absolute Gasteiger partial charge is 0.234 e. The van der Waals surface area contributed by atoms with E-state index in [-0.39, 0.29) is 12.0 Å². The average molecular weight is 275 g/mol. The second-order valence-electron chi connectivity index (χ2n) is 4.16. The molecule has 1 aliphatic rings. The van der Waals surface area contributed by atoms with E-state index in [0.717, 1.165) is 22.2 Å². The van der Waals surface area contributed by atoms with E-state index in [0.29, 0.717) is 19.6 Å². The highest BCUT2D eigenvalue weighted by atomic mass is 35.5. The van der Waals surface area contributed by atoms with Gasteiger partial charge in [-0.1, -0.05) is 11.6 Å². The van der Waals surface area contributed by atoms with Crippen LogP contribution in [-0.2, 0) is 11.3 Å². The quantitative estimate of drug-likeness (QED) is 0.864. The molecular formula is C11H15ClN2O2S. The summed E-state index contributed by atoms with van der Waals surface area (Å²) >= 11 is 7.27. The zero-order valence-corrected chi connectivity index (χ0v) is 10.9. The minimum absolute atomic E-state index is 0.0105. The second-order valence-corrected chi connectivity index (χ2v) is 5.96. The minimum Gasteiger partial charge on any atom is -0.392 e. The van der Waals surface area contributed by atoms with Crippen LogP contribution < -0.4 is 5.32 Å². The number of β-amino-alcohol motifs (C(OH)–C–C–N with tert-alkyl or cyclic N) is 1. The summed E-state index contributed by atoms with van der Waals surface area (Å²) in [7, 11) is 0. The molecule has 0 bridgehead atoms. The van der Waals surface area contributed by atoms with Gasteiger partial charge in [0.2, 0.25) is 5.91 Å². The Labute approximate surface area is 109 Å². The predicted molar refractivity (Wildman–Crippen MR) is 68.2 cm³/mol. The van der Waals surface area contributed by atoms with Gasteiger partial charge < -0.3 is 10.4 Å². The summed E-state index contributed by atoms with van der Waals surface area (Å²) in [5.41, 5.74) is 0. The third kappa shape index (κ3) is 3.96. The highest BCUT2D eigenvalue weighted by Crippen LogP contribution is 2.20. The first-order chi connectivity index (χ1) is 8.13. The first-order valence-electron chi connectivity index (χ1n) is 5.55. The number of nitrogens with one attached hydrogen (secondary N) is 1. The van der Waals surface area contributed by atoms with E-state index in [2.05, 4.69) is 5.32 Å². The zero-order chi connectivity index (χ0) is 12.3. The topological polar surface area (TPSA) is 52.6 Å². The van der Waals surface area contributed by atoms with E-state index in [4.69, 9.17) is 11.6 Å². The van der Waals surface area contributed by atoms with Crippen LogP contribution in [0.3, 0.4) is 0 Å². The van der Waals surface area contributed by atoms with Gasteiger partial charge in [0.1, 0.15) is 0 Å². The van der Waals surface area contributed by atoms with Gasteiger partial charge in [0.15, 0.2) is 0 Å². The van der Waals surface area contributed by atoms with Crippen molar-refractivity contribution in [2.75, 3.05) is 19.6 Å². The lowest BCUT2D eigenvalue weighted by Crippen LogP contribution is -2.36. The van der Waals surface area contributed by atoms with Gasteiger partial charge in [0.05, 0.1) is 23.5 Å². The normalized spacial score (nSPS) is 20.7. The van der Waals surface area contributed by atoms with Crippen LogP contribution in [0.5, 0.6) is 0 Å². The summed E-state index contributed by atoms with van der Waals surface area (Å²) in [6.07, 6.45) is 0.479. The van der Waals surface area contributed by atoms with Gasteiger partial charge >= 0.3 is 0 Å². The Morgan fingerprint density at radius 3 is 3.06 bits per heavy atom. The summed E-state index contributed by atoms with van der Waals surface area (Å²) in [6.45, 7) is 2.26. The van der Waals surface area contributed by atoms with Crippen molar-refractivity contribution in [3.8, 4) is 0 Å². The molecule has 1 aromatic rings. The molecule has 2 N–H and O–H groups in total. The van der Waals surface area contributed by atoms with Crippen LogP contribution >= 0.6 is 22.9 Å². The molecule has 0 spiro atoms. The number of carbonyl (C=O) groups excluding carboxylic acids is 1. The Hall–Kier alpha value is -0.620. The van der Waals surface area contributed by atoms with Gasteiger partial charge in [0.25, 0.3) is 0 Å². The lowest BCUT2D eigenvalue weighted by molar-refractivity contribution is -0.122. The molecule has 0 saturated carbocycles. The van der Waals surface area contributed by atoms with E-state index in [1.165, 1.54) is 11.3 Å². The Bertz CT molecular complexity index is 397. The number of aliphatic hydroxyl groups excluding tert-OH is 1. The largest absolute Gasteiger partial charge is 0.392 e. The third-order valence-corrected chi connectivity index (χ3v) is 3.93. The molecule has 0 aliphatic carbocycles. The van der Waals surface area contributed by atoms with Gasteiger partial charge in [-0.05, 0) is 18.6 Å². The number of rotatable bonds is 4. The number of aliphatic hydroxyl groups is 1. The fourth-order valence-electron chi connectivity index (χ4n) is 1.85. The summed E-state index contributed by atoms with van der Waals surface area (Å²) < 4.78 is 0.733. The molecule has 1 saturated heterocycles. The van der Waals surface area contributed by atoms with Gasteiger partial charge in [-0.3, -0.25) is 9.69 Å². The molecule has 4 nitrogen and oxygen atoms in total. The second kappa shape index (κ2) is 5.82. The van der Waals surface area contributed by atoms with E-state index in [9.17, 15) is 9.90 Å². The van der Waals surface area contributed by atoms with Gasteiger partial charge in [0, 0.05) is 18.0 Å². The van der Waals surface area contributed by atoms with Crippen molar-refractivity contribution in [3.63, 3.8) is 0 Å². The summed E-state index contributed by atoms with van der Waals surface area (Å²) in [6, 6.07) is 3.73. The fourth-order valence-corrected chi connectivity index (χ4v) is 2.87. The molecule has 1 fully saturated rings. The molecule has 6 heteroatoms. The number of likely N-dealkylation sites (tertiary alicyclic amines) is 1. The molecule has 0 radical (unpaired) electrons. The number of hydrogen-bond donors (Lipinski definition) is 2. The fraction of sp³-hybridized carbons (Fsp3) is 0.545. The lowest BCUT2D eigenvalue weighted by Gasteiger charge is -2.13.